The average Bonchev–Trinajstić information content (AvgIpc) is 3.33. The number of methoxy groups -OCH3 is 2. The van der Waals surface area contributed by atoms with Crippen LogP contribution < -0.4 is 9.47 Å². The van der Waals surface area contributed by atoms with Crippen LogP contribution in [0, 0.1) is 6.92 Å². The van der Waals surface area contributed by atoms with Crippen molar-refractivity contribution in [2.75, 3.05) is 34.0 Å². The average molecular weight is 562 g/mol. The number of aryl methyl sites for hydroxylation is 1. The predicted molar refractivity (Wildman–Crippen MR) is 142 cm³/mol. The third kappa shape index (κ3) is 6.38. The Balaban J connectivity index is 1.79. The zero-order valence-corrected chi connectivity index (χ0v) is 23.8. The number of nitrogens with zero attached hydrogens (tertiary/aromatic N) is 5. The summed E-state index contributed by atoms with van der Waals surface area (Å²) in [4.78, 5) is 8.69. The highest BCUT2D eigenvalue weighted by molar-refractivity contribution is 7.91. The lowest BCUT2D eigenvalue weighted by Crippen LogP contribution is -2.32. The Morgan fingerprint density at radius 3 is 2.33 bits per heavy atom. The quantitative estimate of drug-likeness (QED) is 0.342. The lowest BCUT2D eigenvalue weighted by molar-refractivity contribution is -0.0942. The molecule has 0 bridgehead atoms. The number of ether oxygens (including phenoxy) is 5. The Morgan fingerprint density at radius 2 is 1.77 bits per heavy atom. The summed E-state index contributed by atoms with van der Waals surface area (Å²) < 4.78 is 58.2. The summed E-state index contributed by atoms with van der Waals surface area (Å²) >= 11 is 0. The van der Waals surface area contributed by atoms with Crippen molar-refractivity contribution < 1.29 is 32.1 Å². The van der Waals surface area contributed by atoms with Crippen molar-refractivity contribution in [1.82, 2.24) is 24.7 Å². The predicted octanol–water partition coefficient (Wildman–Crippen LogP) is 2.94. The smallest absolute Gasteiger partial charge is 0.169 e. The summed E-state index contributed by atoms with van der Waals surface area (Å²) in [6, 6.07) is 5.28. The van der Waals surface area contributed by atoms with Crippen LogP contribution in [0.4, 0.5) is 0 Å². The maximum atomic E-state index is 13.9. The van der Waals surface area contributed by atoms with Gasteiger partial charge in [0.05, 0.1) is 63.0 Å². The summed E-state index contributed by atoms with van der Waals surface area (Å²) in [5.41, 5.74) is 1.62. The van der Waals surface area contributed by atoms with Crippen LogP contribution >= 0.6 is 0 Å². The van der Waals surface area contributed by atoms with E-state index in [1.807, 2.05) is 20.8 Å². The van der Waals surface area contributed by atoms with Gasteiger partial charge in [0.25, 0.3) is 0 Å². The second-order valence-corrected chi connectivity index (χ2v) is 11.8. The molecule has 0 saturated carbocycles. The van der Waals surface area contributed by atoms with Gasteiger partial charge < -0.3 is 23.7 Å². The highest BCUT2D eigenvalue weighted by atomic mass is 32.2. The van der Waals surface area contributed by atoms with Gasteiger partial charge in [-0.3, -0.25) is 14.5 Å². The maximum Gasteiger partial charge on any atom is 0.169 e. The van der Waals surface area contributed by atoms with E-state index in [1.54, 1.807) is 42.1 Å². The number of hydrogen-bond donors (Lipinski definition) is 0. The molecule has 0 unspecified atom stereocenters. The van der Waals surface area contributed by atoms with E-state index in [0.717, 1.165) is 5.69 Å². The van der Waals surface area contributed by atoms with Crippen LogP contribution in [0.3, 0.4) is 0 Å². The highest BCUT2D eigenvalue weighted by Crippen LogP contribution is 2.37. The van der Waals surface area contributed by atoms with Gasteiger partial charge in [-0.25, -0.2) is 8.42 Å². The molecule has 13 heteroatoms. The second-order valence-electron chi connectivity index (χ2n) is 9.46. The van der Waals surface area contributed by atoms with E-state index in [0.29, 0.717) is 41.9 Å². The molecule has 3 heterocycles. The minimum absolute atomic E-state index is 0.173. The summed E-state index contributed by atoms with van der Waals surface area (Å²) in [5, 5.41) is 7.69. The molecule has 0 aliphatic carbocycles. The first-order valence-electron chi connectivity index (χ1n) is 12.7. The molecule has 39 heavy (non-hydrogen) atoms. The molecule has 1 aromatic carbocycles. The molecule has 3 atom stereocenters. The molecule has 0 N–H and O–H groups in total. The fraction of sp³-hybridized carbons (Fsp3) is 0.538. The molecule has 2 aromatic heterocycles. The molecular formula is C26H35N5O7S. The third-order valence-electron chi connectivity index (χ3n) is 6.32. The van der Waals surface area contributed by atoms with Crippen molar-refractivity contribution in [3.63, 3.8) is 0 Å². The van der Waals surface area contributed by atoms with Crippen LogP contribution in [0.25, 0.3) is 5.69 Å². The molecule has 1 saturated heterocycles. The number of hydrogen-bond acceptors (Lipinski definition) is 11. The number of rotatable bonds is 11. The van der Waals surface area contributed by atoms with Gasteiger partial charge in [0.1, 0.15) is 35.1 Å². The van der Waals surface area contributed by atoms with Gasteiger partial charge in [-0.15, -0.1) is 10.2 Å². The number of para-hydroxylation sites is 1. The zero-order chi connectivity index (χ0) is 28.2. The van der Waals surface area contributed by atoms with Crippen LogP contribution in [-0.2, 0) is 29.8 Å². The Bertz CT molecular complexity index is 1330. The topological polar surface area (TPSA) is 137 Å². The minimum atomic E-state index is -3.87. The lowest BCUT2D eigenvalue weighted by Gasteiger charge is -2.26. The fourth-order valence-electron chi connectivity index (χ4n) is 4.33. The molecule has 12 nitrogen and oxygen atoms in total. The van der Waals surface area contributed by atoms with E-state index < -0.39 is 33.0 Å². The van der Waals surface area contributed by atoms with Gasteiger partial charge in [-0.1, -0.05) is 6.07 Å². The lowest BCUT2D eigenvalue weighted by atomic mass is 10.2. The van der Waals surface area contributed by atoms with Gasteiger partial charge in [0.2, 0.25) is 0 Å². The van der Waals surface area contributed by atoms with Gasteiger partial charge in [-0.2, -0.15) is 0 Å². The molecule has 0 radical (unpaired) electrons. The van der Waals surface area contributed by atoms with Crippen molar-refractivity contribution in [3.8, 4) is 17.2 Å². The Morgan fingerprint density at radius 1 is 1.05 bits per heavy atom. The molecular weight excluding hydrogens is 526 g/mol. The van der Waals surface area contributed by atoms with E-state index >= 15 is 0 Å². The van der Waals surface area contributed by atoms with Crippen molar-refractivity contribution >= 4 is 9.84 Å². The summed E-state index contributed by atoms with van der Waals surface area (Å²) in [5.74, 6) is 1.03. The molecule has 1 aliphatic rings. The molecule has 1 aliphatic heterocycles. The third-order valence-corrected chi connectivity index (χ3v) is 8.36. The van der Waals surface area contributed by atoms with Crippen LogP contribution in [0.15, 0.2) is 30.6 Å². The minimum Gasteiger partial charge on any atom is -0.494 e. The Kier molecular flexibility index (Phi) is 9.15. The normalized spacial score (nSPS) is 17.7. The first kappa shape index (κ1) is 28.9. The number of benzene rings is 1. The van der Waals surface area contributed by atoms with E-state index in [2.05, 4.69) is 20.2 Å². The number of aromatic nitrogens is 5. The zero-order valence-electron chi connectivity index (χ0n) is 23.0. The molecule has 212 valence electrons. The summed E-state index contributed by atoms with van der Waals surface area (Å²) in [6.45, 7) is 8.18. The molecule has 0 spiro atoms. The summed E-state index contributed by atoms with van der Waals surface area (Å²) in [6.07, 6.45) is 1.50. The van der Waals surface area contributed by atoms with Crippen molar-refractivity contribution in [3.05, 3.63) is 53.6 Å². The van der Waals surface area contributed by atoms with Gasteiger partial charge in [0.15, 0.2) is 21.5 Å². The van der Waals surface area contributed by atoms with Gasteiger partial charge >= 0.3 is 0 Å². The molecule has 1 fully saturated rings. The van der Waals surface area contributed by atoms with Crippen LogP contribution in [0.2, 0.25) is 0 Å². The van der Waals surface area contributed by atoms with E-state index in [-0.39, 0.29) is 18.5 Å². The monoisotopic (exact) mass is 561 g/mol. The Hall–Kier alpha value is -3.13. The second kappa shape index (κ2) is 12.4. The first-order chi connectivity index (χ1) is 18.7. The molecule has 4 rings (SSSR count). The highest BCUT2D eigenvalue weighted by Gasteiger charge is 2.36. The van der Waals surface area contributed by atoms with Crippen LogP contribution in [-0.4, -0.2) is 78.5 Å². The molecule has 0 amide bonds. The van der Waals surface area contributed by atoms with Gasteiger partial charge in [-0.05, 0) is 39.8 Å². The van der Waals surface area contributed by atoms with E-state index in [1.165, 1.54) is 14.2 Å². The van der Waals surface area contributed by atoms with E-state index in [4.69, 9.17) is 23.7 Å². The molecule has 3 aromatic rings. The SMILES string of the molecule is COc1cccc(OC)c1-n1c(CS(=O)(=O)[C@H](C)[C@H](OC(C)C)c2cnc(C)cn2)nnc1[C@@H]1COCCO1. The Labute approximate surface area is 228 Å². The summed E-state index contributed by atoms with van der Waals surface area (Å²) in [7, 11) is -0.823. The number of sulfone groups is 1. The van der Waals surface area contributed by atoms with Gasteiger partial charge in [0, 0.05) is 6.20 Å². The largest absolute Gasteiger partial charge is 0.494 e. The van der Waals surface area contributed by atoms with Crippen LogP contribution in [0.1, 0.15) is 56.0 Å². The van der Waals surface area contributed by atoms with E-state index in [9.17, 15) is 8.42 Å². The van der Waals surface area contributed by atoms with Crippen molar-refractivity contribution in [2.45, 2.75) is 57.0 Å². The van der Waals surface area contributed by atoms with Crippen LogP contribution in [0.5, 0.6) is 11.5 Å². The standard InChI is InChI=1S/C26H35N5O7S/c1-16(2)38-25(19-13-27-17(3)12-28-19)18(4)39(32,33)15-23-29-30-26(22-14-36-10-11-37-22)31(23)24-20(34-5)8-7-9-21(24)35-6/h7-9,12-13,16,18,22,25H,10-11,14-15H2,1-6H3/t18-,22+,25+/m1/s1. The van der Waals surface area contributed by atoms with Crippen molar-refractivity contribution in [2.24, 2.45) is 0 Å². The first-order valence-corrected chi connectivity index (χ1v) is 14.4. The van der Waals surface area contributed by atoms with Crippen molar-refractivity contribution in [1.29, 1.82) is 0 Å². The maximum absolute atomic E-state index is 13.9. The fourth-order valence-corrected chi connectivity index (χ4v) is 5.72.